The molecule has 1 amide bonds. The Balaban J connectivity index is 1.50. The fourth-order valence-corrected chi connectivity index (χ4v) is 3.61. The van der Waals surface area contributed by atoms with Gasteiger partial charge in [-0.3, -0.25) is 14.1 Å². The zero-order valence-electron chi connectivity index (χ0n) is 15.2. The summed E-state index contributed by atoms with van der Waals surface area (Å²) in [5.41, 5.74) is 4.47. The molecule has 26 heavy (non-hydrogen) atoms. The van der Waals surface area contributed by atoms with E-state index in [1.807, 2.05) is 19.9 Å². The fourth-order valence-electron chi connectivity index (χ4n) is 3.61. The topological polar surface area (TPSA) is 75.4 Å². The Morgan fingerprint density at radius 2 is 2.00 bits per heavy atom. The minimum absolute atomic E-state index is 0.224. The molecule has 4 rings (SSSR count). The average Bonchev–Trinajstić information content (AvgIpc) is 3.04. The van der Waals surface area contributed by atoms with E-state index >= 15 is 0 Å². The van der Waals surface area contributed by atoms with Gasteiger partial charge in [0, 0.05) is 30.5 Å². The van der Waals surface area contributed by atoms with Crippen LogP contribution in [0.1, 0.15) is 33.1 Å². The lowest BCUT2D eigenvalue weighted by molar-refractivity contribution is 0.0922. The van der Waals surface area contributed by atoms with Crippen molar-refractivity contribution >= 4 is 11.7 Å². The molecule has 3 heterocycles. The SMILES string of the molecule is Cc1cc(C)n2c(C(=O)NC[C@@H]3Cc4ccccc4CN3C)nnc2n1. The number of amides is 1. The van der Waals surface area contributed by atoms with Gasteiger partial charge in [0.05, 0.1) is 0 Å². The summed E-state index contributed by atoms with van der Waals surface area (Å²) in [6.45, 7) is 5.29. The van der Waals surface area contributed by atoms with Crippen LogP contribution in [0.4, 0.5) is 0 Å². The van der Waals surface area contributed by atoms with E-state index in [1.54, 1.807) is 4.40 Å². The van der Waals surface area contributed by atoms with Crippen molar-refractivity contribution in [1.82, 2.24) is 29.8 Å². The van der Waals surface area contributed by atoms with Gasteiger partial charge in [-0.1, -0.05) is 24.3 Å². The Morgan fingerprint density at radius 3 is 2.81 bits per heavy atom. The van der Waals surface area contributed by atoms with Crippen molar-refractivity contribution in [3.63, 3.8) is 0 Å². The van der Waals surface area contributed by atoms with Gasteiger partial charge in [-0.05, 0) is 44.5 Å². The maximum atomic E-state index is 12.7. The van der Waals surface area contributed by atoms with Gasteiger partial charge in [0.15, 0.2) is 0 Å². The molecule has 0 aliphatic carbocycles. The number of nitrogens with one attached hydrogen (secondary N) is 1. The molecule has 1 aliphatic rings. The zero-order chi connectivity index (χ0) is 18.3. The fraction of sp³-hybridized carbons (Fsp3) is 0.368. The molecule has 2 aromatic heterocycles. The summed E-state index contributed by atoms with van der Waals surface area (Å²) < 4.78 is 1.70. The first-order chi connectivity index (χ1) is 12.5. The van der Waals surface area contributed by atoms with Crippen LogP contribution in [-0.4, -0.2) is 50.0 Å². The Bertz CT molecular complexity index is 979. The molecule has 3 aromatic rings. The van der Waals surface area contributed by atoms with E-state index in [1.165, 1.54) is 11.1 Å². The van der Waals surface area contributed by atoms with Crippen molar-refractivity contribution in [1.29, 1.82) is 0 Å². The summed E-state index contributed by atoms with van der Waals surface area (Å²) in [5, 5.41) is 11.1. The van der Waals surface area contributed by atoms with Crippen LogP contribution in [-0.2, 0) is 13.0 Å². The van der Waals surface area contributed by atoms with Crippen molar-refractivity contribution in [2.75, 3.05) is 13.6 Å². The first-order valence-electron chi connectivity index (χ1n) is 8.77. The Labute approximate surface area is 152 Å². The molecule has 1 aliphatic heterocycles. The zero-order valence-corrected chi connectivity index (χ0v) is 15.2. The molecule has 0 radical (unpaired) electrons. The molecule has 0 spiro atoms. The molecule has 0 saturated heterocycles. The second kappa shape index (κ2) is 6.49. The van der Waals surface area contributed by atoms with Crippen molar-refractivity contribution in [2.45, 2.75) is 32.9 Å². The van der Waals surface area contributed by atoms with Crippen LogP contribution in [0.25, 0.3) is 5.78 Å². The van der Waals surface area contributed by atoms with Crippen LogP contribution in [0.2, 0.25) is 0 Å². The van der Waals surface area contributed by atoms with Crippen LogP contribution >= 0.6 is 0 Å². The third-order valence-corrected chi connectivity index (χ3v) is 5.01. The van der Waals surface area contributed by atoms with Gasteiger partial charge in [-0.25, -0.2) is 4.98 Å². The number of aryl methyl sites for hydroxylation is 2. The second-order valence-corrected chi connectivity index (χ2v) is 6.95. The van der Waals surface area contributed by atoms with Crippen molar-refractivity contribution < 1.29 is 4.79 Å². The van der Waals surface area contributed by atoms with Crippen LogP contribution in [0, 0.1) is 13.8 Å². The van der Waals surface area contributed by atoms with Crippen LogP contribution in [0.15, 0.2) is 30.3 Å². The van der Waals surface area contributed by atoms with Gasteiger partial charge >= 0.3 is 0 Å². The highest BCUT2D eigenvalue weighted by Gasteiger charge is 2.24. The molecule has 0 unspecified atom stereocenters. The average molecular weight is 350 g/mol. The Kier molecular flexibility index (Phi) is 4.16. The molecule has 0 saturated carbocycles. The highest BCUT2D eigenvalue weighted by molar-refractivity contribution is 5.91. The smallest absolute Gasteiger partial charge is 0.289 e. The highest BCUT2D eigenvalue weighted by Crippen LogP contribution is 2.21. The number of hydrogen-bond acceptors (Lipinski definition) is 5. The summed E-state index contributed by atoms with van der Waals surface area (Å²) in [4.78, 5) is 19.3. The van der Waals surface area contributed by atoms with Gasteiger partial charge in [0.25, 0.3) is 11.7 Å². The maximum Gasteiger partial charge on any atom is 0.289 e. The molecular weight excluding hydrogens is 328 g/mol. The first-order valence-corrected chi connectivity index (χ1v) is 8.77. The van der Waals surface area contributed by atoms with Gasteiger partial charge in [-0.2, -0.15) is 0 Å². The van der Waals surface area contributed by atoms with E-state index in [4.69, 9.17) is 0 Å². The summed E-state index contributed by atoms with van der Waals surface area (Å²) >= 11 is 0. The van der Waals surface area contributed by atoms with Crippen molar-refractivity contribution in [3.05, 3.63) is 58.7 Å². The standard InChI is InChI=1S/C19H22N6O/c1-12-8-13(2)25-17(22-23-19(25)21-12)18(26)20-10-16-9-14-6-4-5-7-15(14)11-24(16)3/h4-8,16H,9-11H2,1-3H3,(H,20,26)/t16-/m0/s1. The number of nitrogens with zero attached hydrogens (tertiary/aromatic N) is 5. The van der Waals surface area contributed by atoms with Gasteiger partial charge < -0.3 is 5.32 Å². The molecule has 1 atom stereocenters. The van der Waals surface area contributed by atoms with Crippen LogP contribution in [0.5, 0.6) is 0 Å². The van der Waals surface area contributed by atoms with Crippen LogP contribution < -0.4 is 5.32 Å². The molecule has 0 fully saturated rings. The van der Waals surface area contributed by atoms with Gasteiger partial charge in [0.1, 0.15) is 0 Å². The summed E-state index contributed by atoms with van der Waals surface area (Å²) in [5.74, 6) is 0.513. The monoisotopic (exact) mass is 350 g/mol. The van der Waals surface area contributed by atoms with E-state index in [0.29, 0.717) is 12.3 Å². The number of fused-ring (bicyclic) bond motifs is 2. The minimum Gasteiger partial charge on any atom is -0.348 e. The van der Waals surface area contributed by atoms with Crippen molar-refractivity contribution in [2.24, 2.45) is 0 Å². The maximum absolute atomic E-state index is 12.7. The largest absolute Gasteiger partial charge is 0.348 e. The van der Waals surface area contributed by atoms with E-state index in [0.717, 1.165) is 24.4 Å². The molecule has 1 aromatic carbocycles. The number of hydrogen-bond donors (Lipinski definition) is 1. The molecular formula is C19H22N6O. The van der Waals surface area contributed by atoms with E-state index in [2.05, 4.69) is 56.7 Å². The normalized spacial score (nSPS) is 17.3. The van der Waals surface area contributed by atoms with Gasteiger partial charge in [0.2, 0.25) is 5.82 Å². The summed E-state index contributed by atoms with van der Waals surface area (Å²) in [6, 6.07) is 10.7. The lowest BCUT2D eigenvalue weighted by Gasteiger charge is -2.34. The lowest BCUT2D eigenvalue weighted by atomic mass is 9.94. The summed E-state index contributed by atoms with van der Waals surface area (Å²) in [6.07, 6.45) is 0.924. The predicted octanol–water partition coefficient (Wildman–Crippen LogP) is 1.53. The molecule has 7 heteroatoms. The second-order valence-electron chi connectivity index (χ2n) is 6.95. The van der Waals surface area contributed by atoms with E-state index < -0.39 is 0 Å². The molecule has 0 bridgehead atoms. The third kappa shape index (κ3) is 2.94. The molecule has 134 valence electrons. The summed E-state index contributed by atoms with van der Waals surface area (Å²) in [7, 11) is 2.09. The van der Waals surface area contributed by atoms with E-state index in [9.17, 15) is 4.79 Å². The first kappa shape index (κ1) is 16.7. The number of carbonyl (C=O) groups excluding carboxylic acids is 1. The highest BCUT2D eigenvalue weighted by atomic mass is 16.2. The van der Waals surface area contributed by atoms with Gasteiger partial charge in [-0.15, -0.1) is 10.2 Å². The minimum atomic E-state index is -0.224. The number of aromatic nitrogens is 4. The predicted molar refractivity (Wildman–Crippen MR) is 98.0 cm³/mol. The number of benzene rings is 1. The number of carbonyl (C=O) groups is 1. The van der Waals surface area contributed by atoms with Crippen LogP contribution in [0.3, 0.4) is 0 Å². The number of rotatable bonds is 3. The molecule has 7 nitrogen and oxygen atoms in total. The Hall–Kier alpha value is -2.80. The lowest BCUT2D eigenvalue weighted by Crippen LogP contribution is -2.45. The van der Waals surface area contributed by atoms with Crippen molar-refractivity contribution in [3.8, 4) is 0 Å². The quantitative estimate of drug-likeness (QED) is 0.775. The number of likely N-dealkylation sites (N-methyl/N-ethyl adjacent to an activating group) is 1. The van der Waals surface area contributed by atoms with E-state index in [-0.39, 0.29) is 17.8 Å². The third-order valence-electron chi connectivity index (χ3n) is 5.01. The molecule has 1 N–H and O–H groups in total. The Morgan fingerprint density at radius 1 is 1.23 bits per heavy atom.